The predicted octanol–water partition coefficient (Wildman–Crippen LogP) is 5.25. The topological polar surface area (TPSA) is 68.6 Å². The lowest BCUT2D eigenvalue weighted by Gasteiger charge is -2.47. The first-order valence-corrected chi connectivity index (χ1v) is 13.3. The molecule has 7 nitrogen and oxygen atoms in total. The minimum Gasteiger partial charge on any atom is -0.497 e. The molecule has 36 heavy (non-hydrogen) atoms. The van der Waals surface area contributed by atoms with Crippen LogP contribution in [-0.4, -0.2) is 49.0 Å². The molecule has 0 bridgehead atoms. The molecular weight excluding hydrogens is 452 g/mol. The second-order valence-corrected chi connectivity index (χ2v) is 10.9. The highest BCUT2D eigenvalue weighted by Gasteiger charge is 2.41. The number of hydrogen-bond donors (Lipinski definition) is 1. The van der Waals surface area contributed by atoms with E-state index in [4.69, 9.17) is 14.5 Å². The van der Waals surface area contributed by atoms with Crippen molar-refractivity contribution in [3.63, 3.8) is 0 Å². The fourth-order valence-corrected chi connectivity index (χ4v) is 6.59. The molecule has 0 radical (unpaired) electrons. The first-order chi connectivity index (χ1) is 17.5. The number of imidazole rings is 1. The highest BCUT2D eigenvalue weighted by atomic mass is 16.5. The van der Waals surface area contributed by atoms with Crippen LogP contribution in [0.25, 0.3) is 11.0 Å². The molecule has 3 heterocycles. The van der Waals surface area contributed by atoms with Gasteiger partial charge in [-0.3, -0.25) is 4.90 Å². The number of rotatable bonds is 4. The van der Waals surface area contributed by atoms with Gasteiger partial charge in [-0.15, -0.1) is 0 Å². The number of carbonyl (C=O) groups is 1. The van der Waals surface area contributed by atoms with Gasteiger partial charge in [-0.25, -0.2) is 9.78 Å². The lowest BCUT2D eigenvalue weighted by molar-refractivity contribution is 0.0845. The van der Waals surface area contributed by atoms with E-state index < -0.39 is 0 Å². The third-order valence-electron chi connectivity index (χ3n) is 8.80. The molecule has 1 N–H and O–H groups in total. The maximum absolute atomic E-state index is 12.6. The van der Waals surface area contributed by atoms with Crippen molar-refractivity contribution in [2.75, 3.05) is 32.2 Å². The molecule has 1 spiro atoms. The minimum absolute atomic E-state index is 0.105. The number of anilines is 1. The number of aryl methyl sites for hydroxylation is 1. The molecule has 1 amide bonds. The molecule has 7 heteroatoms. The van der Waals surface area contributed by atoms with Crippen LogP contribution in [0.3, 0.4) is 0 Å². The summed E-state index contributed by atoms with van der Waals surface area (Å²) >= 11 is 0. The maximum atomic E-state index is 12.6. The molecule has 1 saturated heterocycles. The van der Waals surface area contributed by atoms with Gasteiger partial charge in [-0.2, -0.15) is 0 Å². The monoisotopic (exact) mass is 488 g/mol. The van der Waals surface area contributed by atoms with E-state index in [0.717, 1.165) is 55.1 Å². The summed E-state index contributed by atoms with van der Waals surface area (Å²) in [6.07, 6.45) is 7.20. The lowest BCUT2D eigenvalue weighted by Crippen LogP contribution is -2.54. The summed E-state index contributed by atoms with van der Waals surface area (Å²) in [6, 6.07) is 13.2. The summed E-state index contributed by atoms with van der Waals surface area (Å²) in [7, 11) is 3.15. The van der Waals surface area contributed by atoms with Crippen molar-refractivity contribution in [1.29, 1.82) is 0 Å². The zero-order chi connectivity index (χ0) is 24.9. The molecule has 3 aromatic rings. The predicted molar refractivity (Wildman–Crippen MR) is 141 cm³/mol. The Morgan fingerprint density at radius 1 is 1.08 bits per heavy atom. The molecule has 2 aromatic carbocycles. The highest BCUT2D eigenvalue weighted by Crippen LogP contribution is 2.45. The van der Waals surface area contributed by atoms with E-state index in [2.05, 4.69) is 41.1 Å². The summed E-state index contributed by atoms with van der Waals surface area (Å²) in [5.41, 5.74) is 6.09. The van der Waals surface area contributed by atoms with E-state index in [-0.39, 0.29) is 12.1 Å². The Morgan fingerprint density at radius 3 is 2.47 bits per heavy atom. The number of nitrogens with one attached hydrogen (secondary N) is 1. The highest BCUT2D eigenvalue weighted by molar-refractivity contribution is 5.95. The van der Waals surface area contributed by atoms with Crippen molar-refractivity contribution in [2.24, 2.45) is 5.41 Å². The van der Waals surface area contributed by atoms with Crippen molar-refractivity contribution in [2.45, 2.75) is 64.0 Å². The van der Waals surface area contributed by atoms with Crippen LogP contribution >= 0.6 is 0 Å². The fourth-order valence-electron chi connectivity index (χ4n) is 6.59. The quantitative estimate of drug-likeness (QED) is 0.543. The van der Waals surface area contributed by atoms with Crippen molar-refractivity contribution in [1.82, 2.24) is 14.9 Å². The molecule has 6 rings (SSSR count). The number of carbonyl (C=O) groups excluding carboxylic acids is 1. The zero-order valence-corrected chi connectivity index (χ0v) is 21.5. The minimum atomic E-state index is -0.299. The summed E-state index contributed by atoms with van der Waals surface area (Å²) in [4.78, 5) is 19.7. The molecule has 0 unspecified atom stereocenters. The Labute approximate surface area is 212 Å². The molecule has 1 aliphatic carbocycles. The van der Waals surface area contributed by atoms with Gasteiger partial charge in [0, 0.05) is 37.2 Å². The fraction of sp³-hybridized carbons (Fsp3) is 0.517. The maximum Gasteiger partial charge on any atom is 0.414 e. The number of aromatic nitrogens is 2. The second-order valence-electron chi connectivity index (χ2n) is 10.9. The van der Waals surface area contributed by atoms with Gasteiger partial charge >= 0.3 is 6.09 Å². The number of hydrogen-bond acceptors (Lipinski definition) is 5. The number of ether oxygens (including phenoxy) is 2. The SMILES string of the molecule is COC(=O)N1c2ccc3c(nc(Cc4ccc(OC)cc4)n3C3CCC4(CC3)CNC4)c2CC[C@@H]1C. The van der Waals surface area contributed by atoms with Gasteiger partial charge in [0.05, 0.1) is 30.9 Å². The number of fused-ring (bicyclic) bond motifs is 3. The number of amides is 1. The smallest absolute Gasteiger partial charge is 0.414 e. The molecule has 1 atom stereocenters. The van der Waals surface area contributed by atoms with E-state index in [9.17, 15) is 4.79 Å². The first kappa shape index (κ1) is 23.3. The van der Waals surface area contributed by atoms with Crippen LogP contribution in [0.15, 0.2) is 36.4 Å². The van der Waals surface area contributed by atoms with Crippen LogP contribution in [0.5, 0.6) is 5.75 Å². The van der Waals surface area contributed by atoms with E-state index in [1.807, 2.05) is 12.1 Å². The van der Waals surface area contributed by atoms with E-state index in [0.29, 0.717) is 11.5 Å². The van der Waals surface area contributed by atoms with Gasteiger partial charge in [0.1, 0.15) is 11.6 Å². The normalized spacial score (nSPS) is 21.3. The molecule has 2 aliphatic heterocycles. The largest absolute Gasteiger partial charge is 0.497 e. The van der Waals surface area contributed by atoms with Crippen LogP contribution in [0.4, 0.5) is 10.5 Å². The van der Waals surface area contributed by atoms with Crippen LogP contribution in [-0.2, 0) is 17.6 Å². The molecular formula is C29H36N4O3. The van der Waals surface area contributed by atoms with Crippen LogP contribution in [0.2, 0.25) is 0 Å². The third-order valence-corrected chi connectivity index (χ3v) is 8.80. The number of methoxy groups -OCH3 is 2. The summed E-state index contributed by atoms with van der Waals surface area (Å²) in [5, 5.41) is 3.49. The van der Waals surface area contributed by atoms with E-state index in [1.165, 1.54) is 49.4 Å². The van der Waals surface area contributed by atoms with Crippen LogP contribution in [0.1, 0.15) is 62.0 Å². The van der Waals surface area contributed by atoms with Gasteiger partial charge in [0.15, 0.2) is 0 Å². The van der Waals surface area contributed by atoms with Crippen LogP contribution in [0, 0.1) is 5.41 Å². The molecule has 1 aromatic heterocycles. The molecule has 3 aliphatic rings. The van der Waals surface area contributed by atoms with Gasteiger partial charge in [-0.05, 0) is 80.7 Å². The summed E-state index contributed by atoms with van der Waals surface area (Å²) in [5.74, 6) is 1.98. The van der Waals surface area contributed by atoms with Crippen LogP contribution < -0.4 is 15.0 Å². The Balaban J connectivity index is 1.43. The zero-order valence-electron chi connectivity index (χ0n) is 21.5. The average molecular weight is 489 g/mol. The molecule has 2 fully saturated rings. The van der Waals surface area contributed by atoms with E-state index >= 15 is 0 Å². The van der Waals surface area contributed by atoms with Gasteiger partial charge in [0.25, 0.3) is 0 Å². The van der Waals surface area contributed by atoms with Crippen molar-refractivity contribution >= 4 is 22.8 Å². The van der Waals surface area contributed by atoms with Gasteiger partial charge in [-0.1, -0.05) is 12.1 Å². The van der Waals surface area contributed by atoms with E-state index in [1.54, 1.807) is 12.0 Å². The van der Waals surface area contributed by atoms with Gasteiger partial charge < -0.3 is 19.4 Å². The Hall–Kier alpha value is -3.06. The Bertz CT molecular complexity index is 1270. The van der Waals surface area contributed by atoms with Crippen molar-refractivity contribution in [3.05, 3.63) is 53.3 Å². The number of benzene rings is 2. The average Bonchev–Trinajstić information content (AvgIpc) is 3.25. The second kappa shape index (κ2) is 9.11. The van der Waals surface area contributed by atoms with Crippen molar-refractivity contribution in [3.8, 4) is 5.75 Å². The molecule has 1 saturated carbocycles. The third kappa shape index (κ3) is 3.84. The summed E-state index contributed by atoms with van der Waals surface area (Å²) in [6.45, 7) is 4.42. The number of nitrogens with zero attached hydrogens (tertiary/aromatic N) is 3. The first-order valence-electron chi connectivity index (χ1n) is 13.3. The lowest BCUT2D eigenvalue weighted by atomic mass is 9.68. The Morgan fingerprint density at radius 2 is 1.83 bits per heavy atom. The summed E-state index contributed by atoms with van der Waals surface area (Å²) < 4.78 is 13.0. The van der Waals surface area contributed by atoms with Crippen molar-refractivity contribution < 1.29 is 14.3 Å². The molecule has 190 valence electrons. The standard InChI is InChI=1S/C29H36N4O3/c1-19-4-9-23-24(32(19)28(34)36-3)10-11-25-27(23)31-26(16-20-5-7-22(35-2)8-6-20)33(25)21-12-14-29(15-13-21)17-30-18-29/h5-8,10-11,19,21,30H,4,9,12-18H2,1-3H3/t19-/m0/s1. The Kier molecular flexibility index (Phi) is 5.91. The van der Waals surface area contributed by atoms with Gasteiger partial charge in [0.2, 0.25) is 0 Å².